The van der Waals surface area contributed by atoms with Gasteiger partial charge in [-0.3, -0.25) is 4.79 Å². The standard InChI is InChI=1S/C16H22BrNO2/c1-18(11-13-7-3-2-4-8-13)16(19)12-20-15-10-6-5-9-14(15)17/h5-6,9-10,13H,2-4,7-8,11-12H2,1H3. The molecule has 0 aromatic heterocycles. The van der Waals surface area contributed by atoms with Crippen LogP contribution in [0.15, 0.2) is 28.7 Å². The molecule has 1 aromatic carbocycles. The van der Waals surface area contributed by atoms with Crippen molar-refractivity contribution in [2.45, 2.75) is 32.1 Å². The number of halogens is 1. The van der Waals surface area contributed by atoms with Gasteiger partial charge in [-0.1, -0.05) is 31.4 Å². The highest BCUT2D eigenvalue weighted by atomic mass is 79.9. The molecule has 0 N–H and O–H groups in total. The average Bonchev–Trinajstić information content (AvgIpc) is 2.47. The number of rotatable bonds is 5. The van der Waals surface area contributed by atoms with Crippen molar-refractivity contribution in [3.63, 3.8) is 0 Å². The molecule has 1 aliphatic carbocycles. The summed E-state index contributed by atoms with van der Waals surface area (Å²) in [6, 6.07) is 7.59. The van der Waals surface area contributed by atoms with Gasteiger partial charge in [0.15, 0.2) is 6.61 Å². The molecule has 1 saturated carbocycles. The molecule has 1 fully saturated rings. The number of benzene rings is 1. The van der Waals surface area contributed by atoms with Crippen LogP contribution in [0.1, 0.15) is 32.1 Å². The summed E-state index contributed by atoms with van der Waals surface area (Å²) in [4.78, 5) is 13.9. The van der Waals surface area contributed by atoms with Crippen LogP contribution in [-0.4, -0.2) is 31.0 Å². The zero-order valence-electron chi connectivity index (χ0n) is 12.0. The predicted molar refractivity (Wildman–Crippen MR) is 83.8 cm³/mol. The van der Waals surface area contributed by atoms with Crippen molar-refractivity contribution < 1.29 is 9.53 Å². The number of ether oxygens (including phenoxy) is 1. The third kappa shape index (κ3) is 4.51. The minimum atomic E-state index is 0.0475. The summed E-state index contributed by atoms with van der Waals surface area (Å²) in [5.41, 5.74) is 0. The molecule has 1 aromatic rings. The summed E-state index contributed by atoms with van der Waals surface area (Å²) in [6.45, 7) is 0.962. The summed E-state index contributed by atoms with van der Waals surface area (Å²) in [5.74, 6) is 1.43. The number of para-hydroxylation sites is 1. The average molecular weight is 340 g/mol. The van der Waals surface area contributed by atoms with E-state index < -0.39 is 0 Å². The molecular weight excluding hydrogens is 318 g/mol. The van der Waals surface area contributed by atoms with E-state index in [1.807, 2.05) is 36.2 Å². The summed E-state index contributed by atoms with van der Waals surface area (Å²) < 4.78 is 6.45. The van der Waals surface area contributed by atoms with E-state index >= 15 is 0 Å². The molecule has 0 aliphatic heterocycles. The molecular formula is C16H22BrNO2. The van der Waals surface area contributed by atoms with Crippen molar-refractivity contribution in [2.75, 3.05) is 20.2 Å². The molecule has 0 heterocycles. The Bertz CT molecular complexity index is 444. The topological polar surface area (TPSA) is 29.5 Å². The zero-order chi connectivity index (χ0) is 14.4. The van der Waals surface area contributed by atoms with Crippen LogP contribution in [0.3, 0.4) is 0 Å². The van der Waals surface area contributed by atoms with Gasteiger partial charge in [0.1, 0.15) is 5.75 Å². The molecule has 110 valence electrons. The highest BCUT2D eigenvalue weighted by molar-refractivity contribution is 9.10. The van der Waals surface area contributed by atoms with Crippen molar-refractivity contribution in [3.8, 4) is 5.75 Å². The van der Waals surface area contributed by atoms with Crippen molar-refractivity contribution >= 4 is 21.8 Å². The molecule has 0 atom stereocenters. The Labute approximate surface area is 129 Å². The number of amides is 1. The molecule has 4 heteroatoms. The molecule has 1 amide bonds. The van der Waals surface area contributed by atoms with E-state index in [9.17, 15) is 4.79 Å². The van der Waals surface area contributed by atoms with Gasteiger partial charge in [-0.2, -0.15) is 0 Å². The van der Waals surface area contributed by atoms with Crippen LogP contribution in [0.4, 0.5) is 0 Å². The normalized spacial score (nSPS) is 15.9. The number of likely N-dealkylation sites (N-methyl/N-ethyl adjacent to an activating group) is 1. The third-order valence-corrected chi connectivity index (χ3v) is 4.53. The van der Waals surface area contributed by atoms with Gasteiger partial charge < -0.3 is 9.64 Å². The quantitative estimate of drug-likeness (QED) is 0.814. The fraction of sp³-hybridized carbons (Fsp3) is 0.562. The summed E-state index contributed by atoms with van der Waals surface area (Å²) >= 11 is 3.41. The molecule has 2 rings (SSSR count). The molecule has 1 aliphatic rings. The zero-order valence-corrected chi connectivity index (χ0v) is 13.6. The number of hydrogen-bond donors (Lipinski definition) is 0. The van der Waals surface area contributed by atoms with Crippen molar-refractivity contribution in [2.24, 2.45) is 5.92 Å². The number of nitrogens with zero attached hydrogens (tertiary/aromatic N) is 1. The van der Waals surface area contributed by atoms with E-state index in [0.29, 0.717) is 11.7 Å². The van der Waals surface area contributed by atoms with E-state index in [0.717, 1.165) is 11.0 Å². The minimum absolute atomic E-state index is 0.0475. The number of hydrogen-bond acceptors (Lipinski definition) is 2. The molecule has 0 bridgehead atoms. The first kappa shape index (κ1) is 15.4. The van der Waals surface area contributed by atoms with Gasteiger partial charge in [-0.05, 0) is 46.8 Å². The Balaban J connectivity index is 1.77. The largest absolute Gasteiger partial charge is 0.483 e. The Morgan fingerprint density at radius 1 is 1.30 bits per heavy atom. The van der Waals surface area contributed by atoms with Crippen LogP contribution in [-0.2, 0) is 4.79 Å². The monoisotopic (exact) mass is 339 g/mol. The highest BCUT2D eigenvalue weighted by Crippen LogP contribution is 2.25. The van der Waals surface area contributed by atoms with Crippen LogP contribution in [0.25, 0.3) is 0 Å². The summed E-state index contributed by atoms with van der Waals surface area (Å²) in [6.07, 6.45) is 6.46. The minimum Gasteiger partial charge on any atom is -0.483 e. The van der Waals surface area contributed by atoms with Crippen LogP contribution in [0.5, 0.6) is 5.75 Å². The Hall–Kier alpha value is -1.03. The Kier molecular flexibility index (Phi) is 5.89. The van der Waals surface area contributed by atoms with Crippen molar-refractivity contribution in [1.82, 2.24) is 4.90 Å². The maximum Gasteiger partial charge on any atom is 0.260 e. The van der Waals surface area contributed by atoms with Gasteiger partial charge in [0, 0.05) is 13.6 Å². The van der Waals surface area contributed by atoms with E-state index in [2.05, 4.69) is 15.9 Å². The molecule has 3 nitrogen and oxygen atoms in total. The summed E-state index contributed by atoms with van der Waals surface area (Å²) in [5, 5.41) is 0. The maximum absolute atomic E-state index is 12.1. The lowest BCUT2D eigenvalue weighted by Gasteiger charge is -2.27. The Morgan fingerprint density at radius 2 is 2.00 bits per heavy atom. The second kappa shape index (κ2) is 7.67. The fourth-order valence-corrected chi connectivity index (χ4v) is 3.07. The number of carbonyl (C=O) groups excluding carboxylic acids is 1. The van der Waals surface area contributed by atoms with Gasteiger partial charge in [-0.25, -0.2) is 0 Å². The molecule has 0 unspecified atom stereocenters. The van der Waals surface area contributed by atoms with E-state index in [1.54, 1.807) is 0 Å². The van der Waals surface area contributed by atoms with Crippen LogP contribution in [0, 0.1) is 5.92 Å². The smallest absolute Gasteiger partial charge is 0.260 e. The van der Waals surface area contributed by atoms with E-state index in [-0.39, 0.29) is 12.5 Å². The maximum atomic E-state index is 12.1. The fourth-order valence-electron chi connectivity index (χ4n) is 2.67. The van der Waals surface area contributed by atoms with Gasteiger partial charge in [0.2, 0.25) is 0 Å². The Morgan fingerprint density at radius 3 is 2.70 bits per heavy atom. The van der Waals surface area contributed by atoms with Gasteiger partial charge in [0.05, 0.1) is 4.47 Å². The van der Waals surface area contributed by atoms with Crippen LogP contribution in [0.2, 0.25) is 0 Å². The number of carbonyl (C=O) groups is 1. The lowest BCUT2D eigenvalue weighted by Crippen LogP contribution is -2.35. The van der Waals surface area contributed by atoms with Crippen LogP contribution < -0.4 is 4.74 Å². The summed E-state index contributed by atoms with van der Waals surface area (Å²) in [7, 11) is 1.88. The van der Waals surface area contributed by atoms with Crippen molar-refractivity contribution in [3.05, 3.63) is 28.7 Å². The van der Waals surface area contributed by atoms with Gasteiger partial charge >= 0.3 is 0 Å². The first-order valence-electron chi connectivity index (χ1n) is 7.28. The first-order valence-corrected chi connectivity index (χ1v) is 8.07. The second-order valence-electron chi connectivity index (χ2n) is 5.50. The van der Waals surface area contributed by atoms with Gasteiger partial charge in [0.25, 0.3) is 5.91 Å². The van der Waals surface area contributed by atoms with Crippen molar-refractivity contribution in [1.29, 1.82) is 0 Å². The predicted octanol–water partition coefficient (Wildman–Crippen LogP) is 3.87. The molecule has 0 spiro atoms. The molecule has 20 heavy (non-hydrogen) atoms. The lowest BCUT2D eigenvalue weighted by molar-refractivity contribution is -0.132. The SMILES string of the molecule is CN(CC1CCCCC1)C(=O)COc1ccccc1Br. The second-order valence-corrected chi connectivity index (χ2v) is 6.35. The third-order valence-electron chi connectivity index (χ3n) is 3.87. The van der Waals surface area contributed by atoms with E-state index in [1.165, 1.54) is 32.1 Å². The lowest BCUT2D eigenvalue weighted by atomic mass is 9.89. The highest BCUT2D eigenvalue weighted by Gasteiger charge is 2.18. The van der Waals surface area contributed by atoms with Crippen LogP contribution >= 0.6 is 15.9 Å². The van der Waals surface area contributed by atoms with E-state index in [4.69, 9.17) is 4.74 Å². The van der Waals surface area contributed by atoms with Gasteiger partial charge in [-0.15, -0.1) is 0 Å². The molecule has 0 saturated heterocycles. The molecule has 0 radical (unpaired) electrons. The first-order chi connectivity index (χ1) is 9.66.